The number of rotatable bonds is 4. The van der Waals surface area contributed by atoms with Gasteiger partial charge in [0.05, 0.1) is 21.3 Å². The third-order valence-electron chi connectivity index (χ3n) is 3.02. The molecule has 1 aromatic heterocycles. The maximum atomic E-state index is 13.2. The Balaban J connectivity index is 2.00. The number of para-hydroxylation sites is 2. The van der Waals surface area contributed by atoms with Crippen LogP contribution in [0, 0.1) is 5.82 Å². The van der Waals surface area contributed by atoms with Gasteiger partial charge in [0, 0.05) is 0 Å². The van der Waals surface area contributed by atoms with E-state index in [4.69, 9.17) is 11.6 Å². The summed E-state index contributed by atoms with van der Waals surface area (Å²) in [6.45, 7) is 0. The fourth-order valence-corrected chi connectivity index (χ4v) is 3.29. The molecule has 0 spiro atoms. The average Bonchev–Trinajstić information content (AvgIpc) is 3.04. The maximum absolute atomic E-state index is 13.2. The Morgan fingerprint density at radius 1 is 1.17 bits per heavy atom. The van der Waals surface area contributed by atoms with E-state index in [-0.39, 0.29) is 9.92 Å². The fraction of sp³-hybridized carbons (Fsp3) is 0. The molecule has 0 amide bonds. The van der Waals surface area contributed by atoms with Crippen molar-refractivity contribution < 1.29 is 12.8 Å². The zero-order valence-electron chi connectivity index (χ0n) is 11.5. The number of benzene rings is 2. The quantitative estimate of drug-likeness (QED) is 0.783. The highest BCUT2D eigenvalue weighted by atomic mass is 35.5. The van der Waals surface area contributed by atoms with Crippen molar-refractivity contribution in [1.29, 1.82) is 0 Å². The number of anilines is 1. The van der Waals surface area contributed by atoms with Gasteiger partial charge in [-0.1, -0.05) is 23.7 Å². The highest BCUT2D eigenvalue weighted by Gasteiger charge is 2.18. The lowest BCUT2D eigenvalue weighted by Crippen LogP contribution is -2.15. The molecule has 0 bridgehead atoms. The Bertz CT molecular complexity index is 945. The van der Waals surface area contributed by atoms with Gasteiger partial charge in [-0.3, -0.25) is 4.72 Å². The van der Waals surface area contributed by atoms with Gasteiger partial charge in [0.2, 0.25) is 0 Å². The van der Waals surface area contributed by atoms with Crippen LogP contribution in [0.25, 0.3) is 5.69 Å². The number of aromatic nitrogens is 3. The molecule has 0 atom stereocenters. The second-order valence-corrected chi connectivity index (χ2v) is 6.63. The predicted molar refractivity (Wildman–Crippen MR) is 83.6 cm³/mol. The number of hydrogen-bond donors (Lipinski definition) is 1. The Hall–Kier alpha value is -2.45. The molecule has 3 aromatic rings. The summed E-state index contributed by atoms with van der Waals surface area (Å²) in [4.78, 5) is 3.69. The van der Waals surface area contributed by atoms with Crippen molar-refractivity contribution in [3.05, 3.63) is 66.0 Å². The van der Waals surface area contributed by atoms with Crippen molar-refractivity contribution >= 4 is 27.3 Å². The Morgan fingerprint density at radius 2 is 1.96 bits per heavy atom. The molecule has 0 saturated carbocycles. The summed E-state index contributed by atoms with van der Waals surface area (Å²) < 4.78 is 42.0. The summed E-state index contributed by atoms with van der Waals surface area (Å²) in [5.74, 6) is -0.686. The van der Waals surface area contributed by atoms with Crippen LogP contribution < -0.4 is 4.72 Å². The Labute approximate surface area is 136 Å². The third-order valence-corrected chi connectivity index (χ3v) is 4.67. The molecule has 0 aliphatic rings. The lowest BCUT2D eigenvalue weighted by atomic mass is 10.3. The summed E-state index contributed by atoms with van der Waals surface area (Å²) in [5, 5.41) is 3.71. The summed E-state index contributed by atoms with van der Waals surface area (Å²) in [6, 6.07) is 9.88. The monoisotopic (exact) mass is 352 g/mol. The van der Waals surface area contributed by atoms with Gasteiger partial charge in [-0.15, -0.1) is 0 Å². The fourth-order valence-electron chi connectivity index (χ4n) is 1.94. The predicted octanol–water partition coefficient (Wildman–Crippen LogP) is 2.86. The minimum absolute atomic E-state index is 0.141. The molecule has 118 valence electrons. The molecule has 0 fully saturated rings. The molecule has 0 aliphatic carbocycles. The van der Waals surface area contributed by atoms with E-state index in [9.17, 15) is 12.8 Å². The van der Waals surface area contributed by atoms with Crippen molar-refractivity contribution in [1.82, 2.24) is 14.8 Å². The van der Waals surface area contributed by atoms with Crippen LogP contribution in [-0.2, 0) is 10.0 Å². The van der Waals surface area contributed by atoms with E-state index in [0.29, 0.717) is 11.4 Å². The molecule has 6 nitrogen and oxygen atoms in total. The minimum atomic E-state index is -3.93. The molecule has 0 aliphatic heterocycles. The van der Waals surface area contributed by atoms with Crippen molar-refractivity contribution in [3.63, 3.8) is 0 Å². The molecule has 0 saturated heterocycles. The highest BCUT2D eigenvalue weighted by molar-refractivity contribution is 7.92. The van der Waals surface area contributed by atoms with E-state index in [1.807, 2.05) is 0 Å². The standard InChI is InChI=1S/C14H10ClFN4O2S/c15-11-7-10(5-6-12(11)16)23(21,22)19-13-3-1-2-4-14(13)20-9-17-8-18-20/h1-9,19H. The lowest BCUT2D eigenvalue weighted by molar-refractivity contribution is 0.599. The normalized spacial score (nSPS) is 11.4. The molecule has 1 heterocycles. The molecular weight excluding hydrogens is 343 g/mol. The number of nitrogens with one attached hydrogen (secondary N) is 1. The van der Waals surface area contributed by atoms with Gasteiger partial charge in [-0.05, 0) is 30.3 Å². The van der Waals surface area contributed by atoms with Gasteiger partial charge in [-0.2, -0.15) is 5.10 Å². The summed E-state index contributed by atoms with van der Waals surface area (Å²) in [7, 11) is -3.93. The second-order valence-electron chi connectivity index (χ2n) is 4.54. The number of hydrogen-bond acceptors (Lipinski definition) is 4. The van der Waals surface area contributed by atoms with E-state index in [0.717, 1.165) is 18.2 Å². The van der Waals surface area contributed by atoms with E-state index < -0.39 is 15.8 Å². The Morgan fingerprint density at radius 3 is 2.65 bits per heavy atom. The van der Waals surface area contributed by atoms with Gasteiger partial charge < -0.3 is 0 Å². The lowest BCUT2D eigenvalue weighted by Gasteiger charge is -2.12. The van der Waals surface area contributed by atoms with Crippen LogP contribution in [0.3, 0.4) is 0 Å². The molecule has 0 unspecified atom stereocenters. The van der Waals surface area contributed by atoms with Crippen LogP contribution in [0.1, 0.15) is 0 Å². The van der Waals surface area contributed by atoms with Crippen LogP contribution in [0.2, 0.25) is 5.02 Å². The van der Waals surface area contributed by atoms with Crippen LogP contribution in [0.15, 0.2) is 60.0 Å². The number of halogens is 2. The minimum Gasteiger partial charge on any atom is -0.277 e. The second kappa shape index (κ2) is 5.98. The topological polar surface area (TPSA) is 76.9 Å². The molecule has 23 heavy (non-hydrogen) atoms. The van der Waals surface area contributed by atoms with E-state index in [1.165, 1.54) is 17.3 Å². The zero-order valence-corrected chi connectivity index (χ0v) is 13.1. The summed E-state index contributed by atoms with van der Waals surface area (Å²) in [5.41, 5.74) is 0.806. The van der Waals surface area contributed by atoms with Crippen molar-refractivity contribution in [2.45, 2.75) is 4.90 Å². The van der Waals surface area contributed by atoms with Crippen LogP contribution in [0.5, 0.6) is 0 Å². The first-order valence-corrected chi connectivity index (χ1v) is 8.25. The van der Waals surface area contributed by atoms with Crippen molar-refractivity contribution in [2.75, 3.05) is 4.72 Å². The first-order chi connectivity index (χ1) is 11.0. The largest absolute Gasteiger partial charge is 0.277 e. The number of sulfonamides is 1. The molecule has 0 radical (unpaired) electrons. The molecule has 9 heteroatoms. The molecular formula is C14H10ClFN4O2S. The average molecular weight is 353 g/mol. The summed E-state index contributed by atoms with van der Waals surface area (Å²) >= 11 is 5.65. The van der Waals surface area contributed by atoms with Crippen molar-refractivity contribution in [3.8, 4) is 5.69 Å². The Kier molecular flexibility index (Phi) is 4.01. The van der Waals surface area contributed by atoms with Gasteiger partial charge >= 0.3 is 0 Å². The smallest absolute Gasteiger partial charge is 0.262 e. The maximum Gasteiger partial charge on any atom is 0.262 e. The van der Waals surface area contributed by atoms with Gasteiger partial charge in [0.15, 0.2) is 0 Å². The van der Waals surface area contributed by atoms with E-state index >= 15 is 0 Å². The van der Waals surface area contributed by atoms with Gasteiger partial charge in [0.25, 0.3) is 10.0 Å². The van der Waals surface area contributed by atoms with Crippen molar-refractivity contribution in [2.24, 2.45) is 0 Å². The highest BCUT2D eigenvalue weighted by Crippen LogP contribution is 2.24. The molecule has 1 N–H and O–H groups in total. The van der Waals surface area contributed by atoms with E-state index in [1.54, 1.807) is 24.3 Å². The first-order valence-electron chi connectivity index (χ1n) is 6.39. The van der Waals surface area contributed by atoms with Gasteiger partial charge in [-0.25, -0.2) is 22.5 Å². The third kappa shape index (κ3) is 3.17. The van der Waals surface area contributed by atoms with Gasteiger partial charge in [0.1, 0.15) is 18.5 Å². The van der Waals surface area contributed by atoms with Crippen LogP contribution >= 0.6 is 11.6 Å². The molecule has 3 rings (SSSR count). The number of nitrogens with zero attached hydrogens (tertiary/aromatic N) is 3. The van der Waals surface area contributed by atoms with E-state index in [2.05, 4.69) is 14.8 Å². The molecule has 2 aromatic carbocycles. The van der Waals surface area contributed by atoms with Crippen LogP contribution in [0.4, 0.5) is 10.1 Å². The summed E-state index contributed by atoms with van der Waals surface area (Å²) in [6.07, 6.45) is 2.78. The SMILES string of the molecule is O=S(=O)(Nc1ccccc1-n1cncn1)c1ccc(F)c(Cl)c1. The zero-order chi connectivity index (χ0) is 16.4. The first kappa shape index (κ1) is 15.4. The van der Waals surface area contributed by atoms with Crippen LogP contribution in [-0.4, -0.2) is 23.2 Å².